The molecule has 0 bridgehead atoms. The number of benzene rings is 1. The summed E-state index contributed by atoms with van der Waals surface area (Å²) in [4.78, 5) is 26.3. The molecule has 1 saturated carbocycles. The highest BCUT2D eigenvalue weighted by Gasteiger charge is 2.20. The molecular weight excluding hydrogens is 274 g/mol. The van der Waals surface area contributed by atoms with Crippen LogP contribution < -0.4 is 0 Å². The first-order valence-electron chi connectivity index (χ1n) is 8.46. The normalized spacial score (nSPS) is 15.9. The SMILES string of the molecule is CN(CCC(=O)c1ccccc1)CCC(=O)C1CCCCC1. The topological polar surface area (TPSA) is 37.4 Å². The quantitative estimate of drug-likeness (QED) is 0.687. The van der Waals surface area contributed by atoms with Crippen molar-refractivity contribution in [2.24, 2.45) is 5.92 Å². The highest BCUT2D eigenvalue weighted by atomic mass is 16.1. The smallest absolute Gasteiger partial charge is 0.164 e. The molecule has 0 radical (unpaired) electrons. The second kappa shape index (κ2) is 8.84. The second-order valence-electron chi connectivity index (χ2n) is 6.39. The average molecular weight is 301 g/mol. The Hall–Kier alpha value is -1.48. The molecule has 0 unspecified atom stereocenters. The Labute approximate surface area is 133 Å². The average Bonchev–Trinajstić information content (AvgIpc) is 2.59. The van der Waals surface area contributed by atoms with E-state index in [0.717, 1.165) is 24.9 Å². The van der Waals surface area contributed by atoms with Crippen LogP contribution >= 0.6 is 0 Å². The van der Waals surface area contributed by atoms with Crippen LogP contribution in [0.1, 0.15) is 55.3 Å². The molecule has 0 spiro atoms. The van der Waals surface area contributed by atoms with Crippen LogP contribution in [-0.2, 0) is 4.79 Å². The zero-order chi connectivity index (χ0) is 15.8. The van der Waals surface area contributed by atoms with E-state index in [1.165, 1.54) is 19.3 Å². The number of Topliss-reactive ketones (excluding diaryl/α,β-unsaturated/α-hetero) is 2. The van der Waals surface area contributed by atoms with Crippen LogP contribution in [0.25, 0.3) is 0 Å². The number of rotatable bonds is 8. The molecule has 3 nitrogen and oxygen atoms in total. The van der Waals surface area contributed by atoms with Gasteiger partial charge in [-0.1, -0.05) is 49.6 Å². The Morgan fingerprint density at radius 1 is 1.00 bits per heavy atom. The highest BCUT2D eigenvalue weighted by molar-refractivity contribution is 5.96. The lowest BCUT2D eigenvalue weighted by Gasteiger charge is -2.22. The van der Waals surface area contributed by atoms with Crippen LogP contribution in [0.3, 0.4) is 0 Å². The summed E-state index contributed by atoms with van der Waals surface area (Å²) >= 11 is 0. The zero-order valence-corrected chi connectivity index (χ0v) is 13.6. The van der Waals surface area contributed by atoms with Gasteiger partial charge < -0.3 is 4.90 Å². The molecule has 1 aromatic rings. The Balaban J connectivity index is 1.66. The highest BCUT2D eigenvalue weighted by Crippen LogP contribution is 2.25. The summed E-state index contributed by atoms with van der Waals surface area (Å²) in [6.07, 6.45) is 6.99. The molecule has 1 fully saturated rings. The lowest BCUT2D eigenvalue weighted by molar-refractivity contribution is -0.124. The summed E-state index contributed by atoms with van der Waals surface area (Å²) in [7, 11) is 1.99. The fraction of sp³-hybridized carbons (Fsp3) is 0.579. The maximum absolute atomic E-state index is 12.2. The lowest BCUT2D eigenvalue weighted by atomic mass is 9.85. The summed E-state index contributed by atoms with van der Waals surface area (Å²) in [6.45, 7) is 1.48. The lowest BCUT2D eigenvalue weighted by Crippen LogP contribution is -2.27. The van der Waals surface area contributed by atoms with Crippen molar-refractivity contribution in [1.82, 2.24) is 4.90 Å². The van der Waals surface area contributed by atoms with Gasteiger partial charge in [0.2, 0.25) is 0 Å². The molecule has 22 heavy (non-hydrogen) atoms. The maximum atomic E-state index is 12.2. The number of ketones is 2. The molecule has 2 rings (SSSR count). The van der Waals surface area contributed by atoms with Gasteiger partial charge in [0, 0.05) is 37.4 Å². The van der Waals surface area contributed by atoms with Crippen molar-refractivity contribution < 1.29 is 9.59 Å². The summed E-state index contributed by atoms with van der Waals surface area (Å²) in [5.41, 5.74) is 0.772. The minimum Gasteiger partial charge on any atom is -0.305 e. The van der Waals surface area contributed by atoms with Crippen LogP contribution in [0.4, 0.5) is 0 Å². The van der Waals surface area contributed by atoms with E-state index in [-0.39, 0.29) is 5.78 Å². The fourth-order valence-electron chi connectivity index (χ4n) is 3.10. The van der Waals surface area contributed by atoms with E-state index in [1.807, 2.05) is 37.4 Å². The number of nitrogens with zero attached hydrogens (tertiary/aromatic N) is 1. The third kappa shape index (κ3) is 5.38. The number of hydrogen-bond acceptors (Lipinski definition) is 3. The zero-order valence-electron chi connectivity index (χ0n) is 13.6. The number of carbonyl (C=O) groups is 2. The molecule has 0 saturated heterocycles. The first kappa shape index (κ1) is 16.9. The van der Waals surface area contributed by atoms with Crippen molar-refractivity contribution in [2.75, 3.05) is 20.1 Å². The monoisotopic (exact) mass is 301 g/mol. The summed E-state index contributed by atoms with van der Waals surface area (Å²) in [5, 5.41) is 0. The first-order chi connectivity index (χ1) is 10.7. The van der Waals surface area contributed by atoms with Crippen LogP contribution in [0, 0.1) is 5.92 Å². The van der Waals surface area contributed by atoms with Gasteiger partial charge in [-0.15, -0.1) is 0 Å². The van der Waals surface area contributed by atoms with E-state index in [0.29, 0.717) is 31.1 Å². The van der Waals surface area contributed by atoms with Crippen molar-refractivity contribution >= 4 is 11.6 Å². The van der Waals surface area contributed by atoms with E-state index in [4.69, 9.17) is 0 Å². The largest absolute Gasteiger partial charge is 0.305 e. The predicted molar refractivity (Wildman–Crippen MR) is 89.1 cm³/mol. The third-order valence-electron chi connectivity index (χ3n) is 4.62. The van der Waals surface area contributed by atoms with E-state index >= 15 is 0 Å². The van der Waals surface area contributed by atoms with Crippen molar-refractivity contribution in [3.8, 4) is 0 Å². The van der Waals surface area contributed by atoms with Gasteiger partial charge in [-0.25, -0.2) is 0 Å². The molecule has 0 aromatic heterocycles. The summed E-state index contributed by atoms with van der Waals surface area (Å²) in [6, 6.07) is 9.41. The van der Waals surface area contributed by atoms with Crippen molar-refractivity contribution in [3.63, 3.8) is 0 Å². The molecule has 3 heteroatoms. The maximum Gasteiger partial charge on any atom is 0.164 e. The van der Waals surface area contributed by atoms with Gasteiger partial charge in [-0.05, 0) is 19.9 Å². The van der Waals surface area contributed by atoms with Crippen molar-refractivity contribution in [2.45, 2.75) is 44.9 Å². The van der Waals surface area contributed by atoms with E-state index in [2.05, 4.69) is 4.90 Å². The van der Waals surface area contributed by atoms with Crippen LogP contribution in [-0.4, -0.2) is 36.6 Å². The minimum atomic E-state index is 0.172. The predicted octanol–water partition coefficient (Wildman–Crippen LogP) is 3.73. The number of hydrogen-bond donors (Lipinski definition) is 0. The van der Waals surface area contributed by atoms with Gasteiger partial charge >= 0.3 is 0 Å². The molecule has 120 valence electrons. The molecule has 0 atom stereocenters. The molecule has 0 aliphatic heterocycles. The van der Waals surface area contributed by atoms with Crippen LogP contribution in [0.5, 0.6) is 0 Å². The molecule has 1 aromatic carbocycles. The van der Waals surface area contributed by atoms with E-state index in [1.54, 1.807) is 0 Å². The van der Waals surface area contributed by atoms with Gasteiger partial charge in [0.05, 0.1) is 0 Å². The van der Waals surface area contributed by atoms with Gasteiger partial charge in [0.1, 0.15) is 5.78 Å². The Morgan fingerprint density at radius 3 is 2.32 bits per heavy atom. The second-order valence-corrected chi connectivity index (χ2v) is 6.39. The first-order valence-corrected chi connectivity index (χ1v) is 8.46. The Morgan fingerprint density at radius 2 is 1.64 bits per heavy atom. The van der Waals surface area contributed by atoms with E-state index in [9.17, 15) is 9.59 Å². The minimum absolute atomic E-state index is 0.172. The standard InChI is InChI=1S/C19H27NO2/c1-20(14-12-18(21)16-8-4-2-5-9-16)15-13-19(22)17-10-6-3-7-11-17/h2,4-5,8-9,17H,3,6-7,10-15H2,1H3. The van der Waals surface area contributed by atoms with E-state index < -0.39 is 0 Å². The molecule has 0 N–H and O–H groups in total. The van der Waals surface area contributed by atoms with Crippen molar-refractivity contribution in [1.29, 1.82) is 0 Å². The number of carbonyl (C=O) groups excluding carboxylic acids is 2. The van der Waals surface area contributed by atoms with Crippen LogP contribution in [0.15, 0.2) is 30.3 Å². The van der Waals surface area contributed by atoms with Gasteiger partial charge in [0.25, 0.3) is 0 Å². The van der Waals surface area contributed by atoms with Gasteiger partial charge in [0.15, 0.2) is 5.78 Å². The molecular formula is C19H27NO2. The molecule has 0 amide bonds. The molecule has 1 aliphatic rings. The third-order valence-corrected chi connectivity index (χ3v) is 4.62. The van der Waals surface area contributed by atoms with Gasteiger partial charge in [-0.2, -0.15) is 0 Å². The van der Waals surface area contributed by atoms with Gasteiger partial charge in [-0.3, -0.25) is 9.59 Å². The van der Waals surface area contributed by atoms with Crippen molar-refractivity contribution in [3.05, 3.63) is 35.9 Å². The molecule has 1 aliphatic carbocycles. The van der Waals surface area contributed by atoms with Crippen LogP contribution in [0.2, 0.25) is 0 Å². The fourth-order valence-corrected chi connectivity index (χ4v) is 3.10. The molecule has 0 heterocycles. The Kier molecular flexibility index (Phi) is 6.78. The summed E-state index contributed by atoms with van der Waals surface area (Å²) in [5.74, 6) is 0.889. The summed E-state index contributed by atoms with van der Waals surface area (Å²) < 4.78 is 0. The Bertz CT molecular complexity index is 477.